The first kappa shape index (κ1) is 19.0. The molecule has 1 aliphatic carbocycles. The van der Waals surface area contributed by atoms with E-state index in [9.17, 15) is 0 Å². The van der Waals surface area contributed by atoms with Crippen LogP contribution in [-0.2, 0) is 11.3 Å². The molecular formula is C20H32N4O2. The van der Waals surface area contributed by atoms with Crippen LogP contribution in [0.2, 0.25) is 0 Å². The molecule has 3 rings (SSSR count). The Balaban J connectivity index is 1.51. The Morgan fingerprint density at radius 1 is 1.31 bits per heavy atom. The van der Waals surface area contributed by atoms with Gasteiger partial charge in [-0.1, -0.05) is 6.42 Å². The molecule has 1 saturated carbocycles. The fourth-order valence-corrected chi connectivity index (χ4v) is 3.89. The van der Waals surface area contributed by atoms with Gasteiger partial charge in [0.25, 0.3) is 0 Å². The van der Waals surface area contributed by atoms with Crippen LogP contribution in [0.15, 0.2) is 23.3 Å². The van der Waals surface area contributed by atoms with Gasteiger partial charge in [0.05, 0.1) is 6.61 Å². The molecule has 2 heterocycles. The normalized spacial score (nSPS) is 21.8. The standard InChI is InChI=1S/C20H32N4O2/c1-21-20(24-11-9-17(14-24)15-25-2)23-13-16-8-10-22-19(12-16)26-18-6-4-3-5-7-18/h8,10,12,17-18H,3-7,9,11,13-15H2,1-2H3,(H,21,23). The van der Waals surface area contributed by atoms with Crippen LogP contribution in [0.4, 0.5) is 0 Å². The van der Waals surface area contributed by atoms with Crippen molar-refractivity contribution in [3.63, 3.8) is 0 Å². The van der Waals surface area contributed by atoms with Gasteiger partial charge < -0.3 is 19.7 Å². The van der Waals surface area contributed by atoms with E-state index in [4.69, 9.17) is 9.47 Å². The minimum atomic E-state index is 0.328. The van der Waals surface area contributed by atoms with Crippen molar-refractivity contribution < 1.29 is 9.47 Å². The van der Waals surface area contributed by atoms with Gasteiger partial charge >= 0.3 is 0 Å². The molecule has 0 radical (unpaired) electrons. The fourth-order valence-electron chi connectivity index (χ4n) is 3.89. The summed E-state index contributed by atoms with van der Waals surface area (Å²) in [7, 11) is 3.61. The van der Waals surface area contributed by atoms with Crippen LogP contribution in [-0.4, -0.2) is 55.8 Å². The highest BCUT2D eigenvalue weighted by Crippen LogP contribution is 2.22. The van der Waals surface area contributed by atoms with Gasteiger partial charge in [-0.25, -0.2) is 4.98 Å². The van der Waals surface area contributed by atoms with Crippen molar-refractivity contribution in [1.29, 1.82) is 0 Å². The first-order valence-electron chi connectivity index (χ1n) is 9.84. The summed E-state index contributed by atoms with van der Waals surface area (Å²) in [4.78, 5) is 11.1. The molecule has 26 heavy (non-hydrogen) atoms. The molecule has 2 aliphatic rings. The number of guanidine groups is 1. The second-order valence-corrected chi connectivity index (χ2v) is 7.34. The number of nitrogens with zero attached hydrogens (tertiary/aromatic N) is 3. The van der Waals surface area contributed by atoms with Crippen molar-refractivity contribution in [3.05, 3.63) is 23.9 Å². The topological polar surface area (TPSA) is 59.0 Å². The molecule has 0 spiro atoms. The maximum atomic E-state index is 6.08. The molecule has 1 atom stereocenters. The highest BCUT2D eigenvalue weighted by Gasteiger charge is 2.24. The summed E-state index contributed by atoms with van der Waals surface area (Å²) < 4.78 is 11.4. The van der Waals surface area contributed by atoms with E-state index in [1.165, 1.54) is 24.8 Å². The van der Waals surface area contributed by atoms with Crippen LogP contribution in [0.5, 0.6) is 5.88 Å². The number of ether oxygens (including phenoxy) is 2. The van der Waals surface area contributed by atoms with Gasteiger partial charge in [-0.2, -0.15) is 0 Å². The van der Waals surface area contributed by atoms with Crippen molar-refractivity contribution >= 4 is 5.96 Å². The number of rotatable bonds is 6. The first-order chi connectivity index (χ1) is 12.8. The Morgan fingerprint density at radius 3 is 2.92 bits per heavy atom. The van der Waals surface area contributed by atoms with Gasteiger partial charge in [0.2, 0.25) is 5.88 Å². The monoisotopic (exact) mass is 360 g/mol. The molecule has 0 amide bonds. The van der Waals surface area contributed by atoms with Gasteiger partial charge in [0.15, 0.2) is 5.96 Å². The Kier molecular flexibility index (Phi) is 7.12. The number of methoxy groups -OCH3 is 1. The Hall–Kier alpha value is -1.82. The molecule has 1 unspecified atom stereocenters. The zero-order chi connectivity index (χ0) is 18.2. The Morgan fingerprint density at radius 2 is 2.15 bits per heavy atom. The van der Waals surface area contributed by atoms with Crippen LogP contribution in [0.25, 0.3) is 0 Å². The number of likely N-dealkylation sites (tertiary alicyclic amines) is 1. The summed E-state index contributed by atoms with van der Waals surface area (Å²) in [6.07, 6.45) is 9.48. The van der Waals surface area contributed by atoms with Crippen molar-refractivity contribution in [2.45, 2.75) is 51.2 Å². The summed E-state index contributed by atoms with van der Waals surface area (Å²) >= 11 is 0. The smallest absolute Gasteiger partial charge is 0.213 e. The lowest BCUT2D eigenvalue weighted by Crippen LogP contribution is -2.39. The van der Waals surface area contributed by atoms with Gasteiger partial charge in [-0.3, -0.25) is 4.99 Å². The number of hydrogen-bond acceptors (Lipinski definition) is 4. The predicted octanol–water partition coefficient (Wildman–Crippen LogP) is 2.84. The quantitative estimate of drug-likeness (QED) is 0.624. The molecule has 1 aliphatic heterocycles. The molecule has 0 bridgehead atoms. The molecule has 2 fully saturated rings. The number of nitrogens with one attached hydrogen (secondary N) is 1. The second kappa shape index (κ2) is 9.76. The van der Waals surface area contributed by atoms with Crippen molar-refractivity contribution in [3.8, 4) is 5.88 Å². The van der Waals surface area contributed by atoms with Gasteiger partial charge in [-0.05, 0) is 43.7 Å². The molecule has 144 valence electrons. The molecule has 0 aromatic carbocycles. The Bertz CT molecular complexity index is 587. The molecule has 6 heteroatoms. The lowest BCUT2D eigenvalue weighted by Gasteiger charge is -2.23. The molecule has 6 nitrogen and oxygen atoms in total. The highest BCUT2D eigenvalue weighted by atomic mass is 16.5. The molecule has 1 saturated heterocycles. The van der Waals surface area contributed by atoms with E-state index in [0.29, 0.717) is 12.0 Å². The van der Waals surface area contributed by atoms with Gasteiger partial charge in [-0.15, -0.1) is 0 Å². The van der Waals surface area contributed by atoms with Gasteiger partial charge in [0, 0.05) is 52.0 Å². The SMILES string of the molecule is CN=C(NCc1ccnc(OC2CCCCC2)c1)N1CCC(COC)C1. The predicted molar refractivity (Wildman–Crippen MR) is 103 cm³/mol. The average Bonchev–Trinajstić information content (AvgIpc) is 3.12. The second-order valence-electron chi connectivity index (χ2n) is 7.34. The average molecular weight is 361 g/mol. The summed E-state index contributed by atoms with van der Waals surface area (Å²) in [6, 6.07) is 4.08. The minimum absolute atomic E-state index is 0.328. The van der Waals surface area contributed by atoms with Crippen molar-refractivity contribution in [2.75, 3.05) is 33.9 Å². The van der Waals surface area contributed by atoms with Crippen LogP contribution < -0.4 is 10.1 Å². The lowest BCUT2D eigenvalue weighted by molar-refractivity contribution is 0.148. The maximum absolute atomic E-state index is 6.08. The molecule has 1 aromatic rings. The summed E-state index contributed by atoms with van der Waals surface area (Å²) in [6.45, 7) is 3.57. The van der Waals surface area contributed by atoms with E-state index < -0.39 is 0 Å². The summed E-state index contributed by atoms with van der Waals surface area (Å²) in [5.41, 5.74) is 1.17. The zero-order valence-corrected chi connectivity index (χ0v) is 16.1. The third kappa shape index (κ3) is 5.34. The van der Waals surface area contributed by atoms with Crippen LogP contribution in [0.3, 0.4) is 0 Å². The maximum Gasteiger partial charge on any atom is 0.213 e. The third-order valence-electron chi connectivity index (χ3n) is 5.29. The number of hydrogen-bond donors (Lipinski definition) is 1. The van der Waals surface area contributed by atoms with Crippen molar-refractivity contribution in [2.24, 2.45) is 10.9 Å². The van der Waals surface area contributed by atoms with Crippen molar-refractivity contribution in [1.82, 2.24) is 15.2 Å². The van der Waals surface area contributed by atoms with Crippen LogP contribution in [0, 0.1) is 5.92 Å². The first-order valence-corrected chi connectivity index (χ1v) is 9.84. The number of aliphatic imine (C=N–C) groups is 1. The molecule has 1 aromatic heterocycles. The van der Waals surface area contributed by atoms with Crippen LogP contribution in [0.1, 0.15) is 44.1 Å². The van der Waals surface area contributed by atoms with E-state index in [-0.39, 0.29) is 0 Å². The lowest BCUT2D eigenvalue weighted by atomic mass is 9.98. The molecular weight excluding hydrogens is 328 g/mol. The minimum Gasteiger partial charge on any atom is -0.474 e. The molecule has 1 N–H and O–H groups in total. The largest absolute Gasteiger partial charge is 0.474 e. The van der Waals surface area contributed by atoms with Crippen LogP contribution >= 0.6 is 0 Å². The fraction of sp³-hybridized carbons (Fsp3) is 0.700. The van der Waals surface area contributed by atoms with E-state index in [2.05, 4.69) is 20.2 Å². The summed E-state index contributed by atoms with van der Waals surface area (Å²) in [5, 5.41) is 3.47. The van der Waals surface area contributed by atoms with E-state index in [1.54, 1.807) is 7.11 Å². The number of aromatic nitrogens is 1. The number of pyridine rings is 1. The van der Waals surface area contributed by atoms with E-state index in [1.807, 2.05) is 25.4 Å². The Labute approximate surface area is 157 Å². The van der Waals surface area contributed by atoms with Gasteiger partial charge in [0.1, 0.15) is 6.10 Å². The highest BCUT2D eigenvalue weighted by molar-refractivity contribution is 5.80. The summed E-state index contributed by atoms with van der Waals surface area (Å²) in [5.74, 6) is 2.29. The van der Waals surface area contributed by atoms with E-state index >= 15 is 0 Å². The van der Waals surface area contributed by atoms with E-state index in [0.717, 1.165) is 57.3 Å². The zero-order valence-electron chi connectivity index (χ0n) is 16.1. The third-order valence-corrected chi connectivity index (χ3v) is 5.29.